The van der Waals surface area contributed by atoms with Crippen molar-refractivity contribution in [2.75, 3.05) is 0 Å². The molecular weight excluding hydrogens is 270 g/mol. The average molecular weight is 286 g/mol. The summed E-state index contributed by atoms with van der Waals surface area (Å²) in [6.07, 6.45) is 4.97. The zero-order valence-electron chi connectivity index (χ0n) is 8.66. The van der Waals surface area contributed by atoms with Crippen LogP contribution < -0.4 is 5.73 Å². The van der Waals surface area contributed by atoms with Crippen LogP contribution in [0.1, 0.15) is 25.7 Å². The fourth-order valence-corrected chi connectivity index (χ4v) is 3.56. The first-order chi connectivity index (χ1) is 7.24. The van der Waals surface area contributed by atoms with E-state index in [9.17, 15) is 0 Å². The zero-order chi connectivity index (χ0) is 10.7. The smallest absolute Gasteiger partial charge is 0.0176 e. The summed E-state index contributed by atoms with van der Waals surface area (Å²) in [6, 6.07) is 8.98. The largest absolute Gasteiger partial charge is 0.328 e. The topological polar surface area (TPSA) is 26.0 Å². The molecule has 2 N–H and O–H groups in total. The van der Waals surface area contributed by atoms with Crippen molar-refractivity contribution in [3.05, 3.63) is 28.7 Å². The molecule has 82 valence electrons. The standard InChI is InChI=1S/C12H16BrNS/c13-9-4-6-11(7-5-9)15-12-3-1-2-10(14)8-12/h4-7,10,12H,1-3,8,14H2. The van der Waals surface area contributed by atoms with E-state index < -0.39 is 0 Å². The van der Waals surface area contributed by atoms with Crippen molar-refractivity contribution in [1.29, 1.82) is 0 Å². The first kappa shape index (κ1) is 11.5. The second-order valence-electron chi connectivity index (χ2n) is 4.12. The molecule has 0 heterocycles. The van der Waals surface area contributed by atoms with Crippen LogP contribution in [-0.4, -0.2) is 11.3 Å². The van der Waals surface area contributed by atoms with Crippen molar-refractivity contribution in [2.45, 2.75) is 41.9 Å². The number of benzene rings is 1. The van der Waals surface area contributed by atoms with Gasteiger partial charge in [0.25, 0.3) is 0 Å². The molecule has 1 aromatic carbocycles. The van der Waals surface area contributed by atoms with Gasteiger partial charge in [0.05, 0.1) is 0 Å². The Morgan fingerprint density at radius 1 is 1.20 bits per heavy atom. The van der Waals surface area contributed by atoms with Gasteiger partial charge in [-0.2, -0.15) is 0 Å². The number of rotatable bonds is 2. The number of nitrogens with two attached hydrogens (primary N) is 1. The quantitative estimate of drug-likeness (QED) is 0.894. The van der Waals surface area contributed by atoms with Crippen LogP contribution in [0, 0.1) is 0 Å². The molecule has 0 radical (unpaired) electrons. The molecule has 0 amide bonds. The van der Waals surface area contributed by atoms with Gasteiger partial charge in [-0.3, -0.25) is 0 Å². The molecular formula is C12H16BrNS. The number of halogens is 1. The third kappa shape index (κ3) is 3.51. The normalized spacial score (nSPS) is 26.5. The maximum atomic E-state index is 5.98. The predicted molar refractivity (Wildman–Crippen MR) is 70.2 cm³/mol. The highest BCUT2D eigenvalue weighted by molar-refractivity contribution is 9.10. The van der Waals surface area contributed by atoms with Crippen LogP contribution in [0.25, 0.3) is 0 Å². The lowest BCUT2D eigenvalue weighted by atomic mass is 9.96. The first-order valence-corrected chi connectivity index (χ1v) is 7.09. The SMILES string of the molecule is NC1CCCC(Sc2ccc(Br)cc2)C1. The fraction of sp³-hybridized carbons (Fsp3) is 0.500. The van der Waals surface area contributed by atoms with Gasteiger partial charge in [-0.15, -0.1) is 11.8 Å². The lowest BCUT2D eigenvalue weighted by molar-refractivity contribution is 0.451. The van der Waals surface area contributed by atoms with Gasteiger partial charge < -0.3 is 5.73 Å². The molecule has 15 heavy (non-hydrogen) atoms. The Morgan fingerprint density at radius 3 is 2.60 bits per heavy atom. The molecule has 3 heteroatoms. The molecule has 1 fully saturated rings. The van der Waals surface area contributed by atoms with E-state index in [1.54, 1.807) is 0 Å². The Hall–Kier alpha value is 0.01000. The highest BCUT2D eigenvalue weighted by Gasteiger charge is 2.19. The van der Waals surface area contributed by atoms with Crippen LogP contribution in [0.3, 0.4) is 0 Å². The van der Waals surface area contributed by atoms with Crippen molar-refractivity contribution >= 4 is 27.7 Å². The Labute approximate surface area is 104 Å². The summed E-state index contributed by atoms with van der Waals surface area (Å²) in [5.74, 6) is 0. The average Bonchev–Trinajstić information content (AvgIpc) is 2.22. The molecule has 0 aliphatic heterocycles. The van der Waals surface area contributed by atoms with E-state index in [0.29, 0.717) is 6.04 Å². The van der Waals surface area contributed by atoms with Crippen LogP contribution in [0.5, 0.6) is 0 Å². The van der Waals surface area contributed by atoms with Crippen molar-refractivity contribution in [1.82, 2.24) is 0 Å². The highest BCUT2D eigenvalue weighted by Crippen LogP contribution is 2.33. The lowest BCUT2D eigenvalue weighted by Gasteiger charge is -2.26. The molecule has 0 aromatic heterocycles. The minimum atomic E-state index is 0.423. The van der Waals surface area contributed by atoms with Crippen molar-refractivity contribution in [2.24, 2.45) is 5.73 Å². The van der Waals surface area contributed by atoms with Gasteiger partial charge in [0.2, 0.25) is 0 Å². The Morgan fingerprint density at radius 2 is 1.93 bits per heavy atom. The van der Waals surface area contributed by atoms with Crippen LogP contribution in [-0.2, 0) is 0 Å². The third-order valence-electron chi connectivity index (χ3n) is 2.78. The van der Waals surface area contributed by atoms with Gasteiger partial charge in [0.15, 0.2) is 0 Å². The molecule has 1 nitrogen and oxygen atoms in total. The molecule has 0 bridgehead atoms. The van der Waals surface area contributed by atoms with E-state index in [-0.39, 0.29) is 0 Å². The molecule has 1 aliphatic carbocycles. The monoisotopic (exact) mass is 285 g/mol. The maximum absolute atomic E-state index is 5.98. The summed E-state index contributed by atoms with van der Waals surface area (Å²) >= 11 is 5.43. The Balaban J connectivity index is 1.93. The molecule has 2 rings (SSSR count). The van der Waals surface area contributed by atoms with E-state index in [2.05, 4.69) is 40.2 Å². The molecule has 1 saturated carbocycles. The van der Waals surface area contributed by atoms with Gasteiger partial charge in [-0.05, 0) is 43.5 Å². The second-order valence-corrected chi connectivity index (χ2v) is 6.41. The predicted octanol–water partition coefficient (Wildman–Crippen LogP) is 3.81. The second kappa shape index (κ2) is 5.37. The molecule has 2 unspecified atom stereocenters. The van der Waals surface area contributed by atoms with Gasteiger partial charge >= 0.3 is 0 Å². The van der Waals surface area contributed by atoms with E-state index in [0.717, 1.165) is 9.72 Å². The summed E-state index contributed by atoms with van der Waals surface area (Å²) in [6.45, 7) is 0. The molecule has 1 aromatic rings. The first-order valence-electron chi connectivity index (χ1n) is 5.42. The number of hydrogen-bond donors (Lipinski definition) is 1. The Kier molecular flexibility index (Phi) is 4.12. The van der Waals surface area contributed by atoms with Gasteiger partial charge in [-0.25, -0.2) is 0 Å². The molecule has 1 aliphatic rings. The summed E-state index contributed by atoms with van der Waals surface area (Å²) < 4.78 is 1.15. The van der Waals surface area contributed by atoms with Gasteiger partial charge in [0.1, 0.15) is 0 Å². The number of thioether (sulfide) groups is 1. The lowest BCUT2D eigenvalue weighted by Crippen LogP contribution is -2.29. The zero-order valence-corrected chi connectivity index (χ0v) is 11.1. The minimum absolute atomic E-state index is 0.423. The van der Waals surface area contributed by atoms with Crippen molar-refractivity contribution in [3.8, 4) is 0 Å². The number of hydrogen-bond acceptors (Lipinski definition) is 2. The van der Waals surface area contributed by atoms with E-state index in [4.69, 9.17) is 5.73 Å². The van der Waals surface area contributed by atoms with Crippen LogP contribution >= 0.6 is 27.7 Å². The molecule has 0 saturated heterocycles. The van der Waals surface area contributed by atoms with Crippen molar-refractivity contribution in [3.63, 3.8) is 0 Å². The van der Waals surface area contributed by atoms with E-state index in [1.165, 1.54) is 30.6 Å². The highest BCUT2D eigenvalue weighted by atomic mass is 79.9. The summed E-state index contributed by atoms with van der Waals surface area (Å²) in [5.41, 5.74) is 5.98. The molecule has 2 atom stereocenters. The summed E-state index contributed by atoms with van der Waals surface area (Å²) in [5, 5.41) is 0.718. The van der Waals surface area contributed by atoms with Crippen LogP contribution in [0.4, 0.5) is 0 Å². The minimum Gasteiger partial charge on any atom is -0.328 e. The third-order valence-corrected chi connectivity index (χ3v) is 4.62. The van der Waals surface area contributed by atoms with Gasteiger partial charge in [-0.1, -0.05) is 22.4 Å². The summed E-state index contributed by atoms with van der Waals surface area (Å²) in [4.78, 5) is 1.36. The maximum Gasteiger partial charge on any atom is 0.0176 e. The van der Waals surface area contributed by atoms with E-state index >= 15 is 0 Å². The van der Waals surface area contributed by atoms with Crippen molar-refractivity contribution < 1.29 is 0 Å². The summed E-state index contributed by atoms with van der Waals surface area (Å²) in [7, 11) is 0. The fourth-order valence-electron chi connectivity index (χ4n) is 1.99. The van der Waals surface area contributed by atoms with E-state index in [1.807, 2.05) is 11.8 Å². The molecule has 0 spiro atoms. The Bertz CT molecular complexity index is 312. The van der Waals surface area contributed by atoms with Crippen LogP contribution in [0.15, 0.2) is 33.6 Å². The van der Waals surface area contributed by atoms with Gasteiger partial charge in [0, 0.05) is 20.7 Å². The van der Waals surface area contributed by atoms with Crippen LogP contribution in [0.2, 0.25) is 0 Å².